The van der Waals surface area contributed by atoms with Crippen LogP contribution in [0.5, 0.6) is 0 Å². The Morgan fingerprint density at radius 2 is 2.00 bits per heavy atom. The quantitative estimate of drug-likeness (QED) is 0.788. The first-order chi connectivity index (χ1) is 7.66. The number of thiol groups is 1. The van der Waals surface area contributed by atoms with Crippen molar-refractivity contribution in [1.29, 1.82) is 0 Å². The van der Waals surface area contributed by atoms with Crippen molar-refractivity contribution < 1.29 is 9.90 Å². The van der Waals surface area contributed by atoms with E-state index in [9.17, 15) is 4.79 Å². The fraction of sp³-hybridized carbons (Fsp3) is 0.154. The van der Waals surface area contributed by atoms with Crippen LogP contribution in [0.3, 0.4) is 0 Å². The summed E-state index contributed by atoms with van der Waals surface area (Å²) in [6.07, 6.45) is 4.11. The molecule has 0 radical (unpaired) electrons. The summed E-state index contributed by atoms with van der Waals surface area (Å²) in [7, 11) is -0.217. The topological polar surface area (TPSA) is 37.3 Å². The number of aryl methyl sites for hydroxylation is 1. The van der Waals surface area contributed by atoms with Gasteiger partial charge in [0.05, 0.1) is 5.56 Å². The highest BCUT2D eigenvalue weighted by Crippen LogP contribution is 2.36. The third kappa shape index (κ3) is 2.36. The molecular formula is C13H14O2S. The average Bonchev–Trinajstić information content (AvgIpc) is 2.73. The Labute approximate surface area is 97.6 Å². The van der Waals surface area contributed by atoms with Gasteiger partial charge in [-0.1, -0.05) is 24.3 Å². The van der Waals surface area contributed by atoms with Crippen molar-refractivity contribution in [3.8, 4) is 0 Å². The molecule has 1 aromatic carbocycles. The maximum atomic E-state index is 11.0. The molecule has 0 saturated heterocycles. The normalized spacial score (nSPS) is 15.7. The number of benzene rings is 1. The highest BCUT2D eigenvalue weighted by atomic mass is 32.2. The van der Waals surface area contributed by atoms with E-state index < -0.39 is 5.97 Å². The summed E-state index contributed by atoms with van der Waals surface area (Å²) < 4.78 is 0. The van der Waals surface area contributed by atoms with Crippen LogP contribution in [0.4, 0.5) is 0 Å². The van der Waals surface area contributed by atoms with Crippen molar-refractivity contribution in [1.82, 2.24) is 0 Å². The number of carboxylic acid groups (broad SMARTS) is 1. The summed E-state index contributed by atoms with van der Waals surface area (Å²) in [4.78, 5) is 11.0. The van der Waals surface area contributed by atoms with Crippen LogP contribution in [-0.4, -0.2) is 11.1 Å². The number of carboxylic acids is 1. The first-order valence-corrected chi connectivity index (χ1v) is 6.77. The van der Waals surface area contributed by atoms with Crippen LogP contribution < -0.4 is 0 Å². The molecular weight excluding hydrogens is 220 g/mol. The minimum absolute atomic E-state index is 0.217. The molecule has 2 nitrogen and oxygen atoms in total. The molecule has 84 valence electrons. The molecule has 16 heavy (non-hydrogen) atoms. The van der Waals surface area contributed by atoms with E-state index in [1.165, 1.54) is 0 Å². The molecule has 0 bridgehead atoms. The van der Waals surface area contributed by atoms with E-state index in [-0.39, 0.29) is 10.9 Å². The zero-order chi connectivity index (χ0) is 11.5. The summed E-state index contributed by atoms with van der Waals surface area (Å²) in [6.45, 7) is 1.83. The van der Waals surface area contributed by atoms with Crippen LogP contribution in [-0.2, 0) is 5.75 Å². The minimum Gasteiger partial charge on any atom is -0.478 e. The molecule has 1 N–H and O–H groups in total. The van der Waals surface area contributed by atoms with Gasteiger partial charge in [-0.25, -0.2) is 15.7 Å². The SMILES string of the molecule is Cc1ccc(C[SH]2C=CC=C2)cc1C(=O)O. The molecule has 3 heteroatoms. The van der Waals surface area contributed by atoms with Gasteiger partial charge in [0, 0.05) is 5.75 Å². The molecule has 0 aromatic heterocycles. The van der Waals surface area contributed by atoms with Crippen LogP contribution in [0.25, 0.3) is 0 Å². The van der Waals surface area contributed by atoms with E-state index in [1.54, 1.807) is 6.07 Å². The van der Waals surface area contributed by atoms with Gasteiger partial charge in [0.2, 0.25) is 0 Å². The summed E-state index contributed by atoms with van der Waals surface area (Å²) >= 11 is 0. The second kappa shape index (κ2) is 4.58. The van der Waals surface area contributed by atoms with Crippen LogP contribution in [0.1, 0.15) is 21.5 Å². The first kappa shape index (κ1) is 11.0. The Bertz CT molecular complexity index is 463. The number of hydrogen-bond acceptors (Lipinski definition) is 1. The van der Waals surface area contributed by atoms with Gasteiger partial charge in [0.15, 0.2) is 0 Å². The van der Waals surface area contributed by atoms with Crippen molar-refractivity contribution in [2.24, 2.45) is 0 Å². The molecule has 1 aromatic rings. The molecule has 0 amide bonds. The standard InChI is InChI=1S/C13H14O2S/c1-10-4-5-11(8-12(10)13(14)15)9-16-6-2-3-7-16/h2-8,16H,9H2,1H3,(H,14,15). The Morgan fingerprint density at radius 3 is 2.62 bits per heavy atom. The van der Waals surface area contributed by atoms with Gasteiger partial charge in [-0.2, -0.15) is 0 Å². The zero-order valence-electron chi connectivity index (χ0n) is 9.05. The average molecular weight is 234 g/mol. The monoisotopic (exact) mass is 234 g/mol. The Balaban J connectivity index is 2.22. The van der Waals surface area contributed by atoms with Crippen LogP contribution in [0, 0.1) is 6.92 Å². The Hall–Kier alpha value is -1.48. The van der Waals surface area contributed by atoms with E-state index >= 15 is 0 Å². The largest absolute Gasteiger partial charge is 0.478 e. The van der Waals surface area contributed by atoms with E-state index in [1.807, 2.05) is 19.1 Å². The van der Waals surface area contributed by atoms with E-state index in [0.717, 1.165) is 16.9 Å². The van der Waals surface area contributed by atoms with Crippen molar-refractivity contribution >= 4 is 16.9 Å². The number of allylic oxidation sites excluding steroid dienone is 2. The van der Waals surface area contributed by atoms with E-state index in [2.05, 4.69) is 23.0 Å². The van der Waals surface area contributed by atoms with Gasteiger partial charge in [-0.05, 0) is 34.9 Å². The molecule has 0 saturated carbocycles. The number of hydrogen-bond donors (Lipinski definition) is 2. The van der Waals surface area contributed by atoms with Gasteiger partial charge >= 0.3 is 5.97 Å². The highest BCUT2D eigenvalue weighted by molar-refractivity contribution is 8.21. The van der Waals surface area contributed by atoms with Gasteiger partial charge in [0.25, 0.3) is 0 Å². The smallest absolute Gasteiger partial charge is 0.335 e. The first-order valence-electron chi connectivity index (χ1n) is 5.10. The maximum Gasteiger partial charge on any atom is 0.335 e. The molecule has 2 rings (SSSR count). The van der Waals surface area contributed by atoms with Crippen molar-refractivity contribution in [3.63, 3.8) is 0 Å². The van der Waals surface area contributed by atoms with E-state index in [0.29, 0.717) is 5.56 Å². The van der Waals surface area contributed by atoms with Gasteiger partial charge in [-0.15, -0.1) is 0 Å². The molecule has 0 spiro atoms. The number of carbonyl (C=O) groups is 1. The van der Waals surface area contributed by atoms with Gasteiger partial charge in [0.1, 0.15) is 0 Å². The van der Waals surface area contributed by atoms with Gasteiger partial charge < -0.3 is 5.11 Å². The van der Waals surface area contributed by atoms with Crippen LogP contribution in [0.15, 0.2) is 41.2 Å². The molecule has 0 aliphatic carbocycles. The zero-order valence-corrected chi connectivity index (χ0v) is 9.95. The molecule has 1 aliphatic heterocycles. The lowest BCUT2D eigenvalue weighted by molar-refractivity contribution is 0.0696. The van der Waals surface area contributed by atoms with E-state index in [4.69, 9.17) is 5.11 Å². The molecule has 0 unspecified atom stereocenters. The Morgan fingerprint density at radius 1 is 1.31 bits per heavy atom. The molecule has 0 fully saturated rings. The lowest BCUT2D eigenvalue weighted by Crippen LogP contribution is -2.00. The fourth-order valence-corrected chi connectivity index (χ4v) is 3.25. The summed E-state index contributed by atoms with van der Waals surface area (Å²) in [5, 5.41) is 13.4. The second-order valence-corrected chi connectivity index (χ2v) is 5.75. The lowest BCUT2D eigenvalue weighted by atomic mass is 10.1. The third-order valence-corrected chi connectivity index (χ3v) is 4.40. The van der Waals surface area contributed by atoms with Crippen LogP contribution in [0.2, 0.25) is 0 Å². The summed E-state index contributed by atoms with van der Waals surface area (Å²) in [5.41, 5.74) is 2.34. The molecule has 1 heterocycles. The Kier molecular flexibility index (Phi) is 3.15. The third-order valence-electron chi connectivity index (χ3n) is 2.56. The molecule has 1 aliphatic rings. The van der Waals surface area contributed by atoms with Crippen molar-refractivity contribution in [3.05, 3.63) is 57.9 Å². The fourth-order valence-electron chi connectivity index (χ4n) is 1.68. The predicted molar refractivity (Wildman–Crippen MR) is 69.1 cm³/mol. The highest BCUT2D eigenvalue weighted by Gasteiger charge is 2.09. The van der Waals surface area contributed by atoms with Crippen molar-refractivity contribution in [2.45, 2.75) is 12.7 Å². The van der Waals surface area contributed by atoms with Crippen LogP contribution >= 0.6 is 10.9 Å². The minimum atomic E-state index is -0.843. The van der Waals surface area contributed by atoms with Crippen molar-refractivity contribution in [2.75, 3.05) is 0 Å². The summed E-state index contributed by atoms with van der Waals surface area (Å²) in [5.74, 6) is 0.0905. The lowest BCUT2D eigenvalue weighted by Gasteiger charge is -2.11. The predicted octanol–water partition coefficient (Wildman–Crippen LogP) is 3.24. The molecule has 0 atom stereocenters. The summed E-state index contributed by atoms with van der Waals surface area (Å²) in [6, 6.07) is 5.70. The van der Waals surface area contributed by atoms with Gasteiger partial charge in [-0.3, -0.25) is 0 Å². The number of rotatable bonds is 3. The second-order valence-electron chi connectivity index (χ2n) is 3.81. The maximum absolute atomic E-state index is 11.0. The number of aromatic carboxylic acids is 1.